The van der Waals surface area contributed by atoms with Crippen molar-refractivity contribution >= 4 is 28.8 Å². The fourth-order valence-corrected chi connectivity index (χ4v) is 1.35. The first-order valence-electron chi connectivity index (χ1n) is 4.53. The van der Waals surface area contributed by atoms with Crippen LogP contribution in [0.5, 0.6) is 0 Å². The Bertz CT molecular complexity index is 390. The van der Waals surface area contributed by atoms with Crippen LogP contribution in [0.4, 0.5) is 0 Å². The first-order chi connectivity index (χ1) is 6.88. The van der Waals surface area contributed by atoms with Crippen LogP contribution in [0.2, 0.25) is 0 Å². The molecular weight excluding hydrogens is 356 g/mol. The van der Waals surface area contributed by atoms with Gasteiger partial charge in [-0.25, -0.2) is 0 Å². The van der Waals surface area contributed by atoms with Gasteiger partial charge in [-0.3, -0.25) is 4.79 Å². The SMILES string of the molecule is O=C(c1ccccc1)c1ccccc1.[Br-].[Br-].[Mg+2]. The molecule has 2 rings (SSSR count). The van der Waals surface area contributed by atoms with E-state index < -0.39 is 0 Å². The third-order valence-electron chi connectivity index (χ3n) is 2.07. The van der Waals surface area contributed by atoms with Gasteiger partial charge < -0.3 is 34.0 Å². The number of carbonyl (C=O) groups is 1. The summed E-state index contributed by atoms with van der Waals surface area (Å²) < 4.78 is 0. The van der Waals surface area contributed by atoms with Gasteiger partial charge in [-0.1, -0.05) is 60.7 Å². The Kier molecular flexibility index (Phi) is 11.1. The second-order valence-corrected chi connectivity index (χ2v) is 3.06. The molecule has 0 fully saturated rings. The summed E-state index contributed by atoms with van der Waals surface area (Å²) >= 11 is 0. The third kappa shape index (κ3) is 5.34. The fourth-order valence-electron chi connectivity index (χ4n) is 1.35. The van der Waals surface area contributed by atoms with Crippen LogP contribution in [-0.4, -0.2) is 28.8 Å². The first kappa shape index (κ1) is 19.2. The summed E-state index contributed by atoms with van der Waals surface area (Å²) in [5, 5.41) is 0. The molecule has 0 N–H and O–H groups in total. The first-order valence-corrected chi connectivity index (χ1v) is 4.53. The van der Waals surface area contributed by atoms with Gasteiger partial charge in [0.05, 0.1) is 0 Å². The molecule has 2 aromatic carbocycles. The summed E-state index contributed by atoms with van der Waals surface area (Å²) in [6, 6.07) is 18.6. The van der Waals surface area contributed by atoms with Crippen molar-refractivity contribution in [2.75, 3.05) is 0 Å². The third-order valence-corrected chi connectivity index (χ3v) is 2.07. The molecule has 0 amide bonds. The molecule has 84 valence electrons. The van der Waals surface area contributed by atoms with Gasteiger partial charge in [0.15, 0.2) is 5.78 Å². The molecule has 0 spiro atoms. The molecule has 0 saturated heterocycles. The number of hydrogen-bond acceptors (Lipinski definition) is 1. The number of halogens is 2. The second-order valence-electron chi connectivity index (χ2n) is 3.06. The van der Waals surface area contributed by atoms with Crippen LogP contribution in [-0.2, 0) is 0 Å². The molecule has 0 aliphatic heterocycles. The summed E-state index contributed by atoms with van der Waals surface area (Å²) in [7, 11) is 0. The van der Waals surface area contributed by atoms with E-state index in [9.17, 15) is 4.79 Å². The van der Waals surface area contributed by atoms with E-state index in [1.165, 1.54) is 0 Å². The maximum absolute atomic E-state index is 11.8. The number of rotatable bonds is 2. The smallest absolute Gasteiger partial charge is 1.00 e. The van der Waals surface area contributed by atoms with Crippen LogP contribution in [0, 0.1) is 0 Å². The average molecular weight is 366 g/mol. The molecule has 0 heterocycles. The Morgan fingerprint density at radius 3 is 1.24 bits per heavy atom. The Balaban J connectivity index is 0. The molecule has 1 nitrogen and oxygen atoms in total. The van der Waals surface area contributed by atoms with E-state index in [1.54, 1.807) is 0 Å². The van der Waals surface area contributed by atoms with Crippen LogP contribution in [0.1, 0.15) is 15.9 Å². The minimum atomic E-state index is 0. The zero-order chi connectivity index (χ0) is 9.80. The minimum absolute atomic E-state index is 0. The molecule has 0 radical (unpaired) electrons. The van der Waals surface area contributed by atoms with Crippen molar-refractivity contribution in [1.82, 2.24) is 0 Å². The fraction of sp³-hybridized carbons (Fsp3) is 0. The molecule has 0 aliphatic carbocycles. The number of carbonyl (C=O) groups excluding carboxylic acids is 1. The van der Waals surface area contributed by atoms with E-state index in [-0.39, 0.29) is 62.8 Å². The summed E-state index contributed by atoms with van der Waals surface area (Å²) in [6.07, 6.45) is 0. The van der Waals surface area contributed by atoms with Gasteiger partial charge in [0.1, 0.15) is 0 Å². The Labute approximate surface area is 138 Å². The largest absolute Gasteiger partial charge is 2.00 e. The van der Waals surface area contributed by atoms with Crippen molar-refractivity contribution in [3.05, 3.63) is 71.8 Å². The molecule has 0 atom stereocenters. The van der Waals surface area contributed by atoms with Crippen LogP contribution in [0.15, 0.2) is 60.7 Å². The van der Waals surface area contributed by atoms with Crippen molar-refractivity contribution in [2.45, 2.75) is 0 Å². The Hall–Kier alpha value is -0.164. The summed E-state index contributed by atoms with van der Waals surface area (Å²) in [5.74, 6) is 0.0752. The maximum atomic E-state index is 11.8. The van der Waals surface area contributed by atoms with E-state index in [1.807, 2.05) is 60.7 Å². The van der Waals surface area contributed by atoms with Crippen LogP contribution in [0.3, 0.4) is 0 Å². The van der Waals surface area contributed by atoms with E-state index in [4.69, 9.17) is 0 Å². The van der Waals surface area contributed by atoms with Crippen LogP contribution in [0.25, 0.3) is 0 Å². The van der Waals surface area contributed by atoms with Crippen molar-refractivity contribution in [3.8, 4) is 0 Å². The predicted molar refractivity (Wildman–Crippen MR) is 62.1 cm³/mol. The van der Waals surface area contributed by atoms with Crippen LogP contribution < -0.4 is 34.0 Å². The molecule has 0 aliphatic rings. The maximum Gasteiger partial charge on any atom is 2.00 e. The monoisotopic (exact) mass is 364 g/mol. The number of ketones is 1. The van der Waals surface area contributed by atoms with Gasteiger partial charge in [-0.05, 0) is 0 Å². The summed E-state index contributed by atoms with van der Waals surface area (Å²) in [6.45, 7) is 0. The quantitative estimate of drug-likeness (QED) is 0.399. The standard InChI is InChI=1S/C13H10O.2BrH.Mg/c14-13(11-7-3-1-4-8-11)12-9-5-2-6-10-12;;;/h1-10H;2*1H;/q;;;+2/p-2. The Morgan fingerprint density at radius 2 is 0.941 bits per heavy atom. The topological polar surface area (TPSA) is 17.1 Å². The second kappa shape index (κ2) is 9.82. The molecular formula is C13H10Br2MgO. The van der Waals surface area contributed by atoms with Gasteiger partial charge in [0, 0.05) is 11.1 Å². The normalized spacial score (nSPS) is 8.00. The van der Waals surface area contributed by atoms with E-state index in [2.05, 4.69) is 0 Å². The number of hydrogen-bond donors (Lipinski definition) is 0. The van der Waals surface area contributed by atoms with Crippen molar-refractivity contribution < 1.29 is 38.8 Å². The van der Waals surface area contributed by atoms with Gasteiger partial charge in [0.2, 0.25) is 0 Å². The zero-order valence-electron chi connectivity index (χ0n) is 9.14. The molecule has 2 aromatic rings. The molecule has 0 aromatic heterocycles. The van der Waals surface area contributed by atoms with E-state index in [0.29, 0.717) is 0 Å². The van der Waals surface area contributed by atoms with Crippen LogP contribution >= 0.6 is 0 Å². The minimum Gasteiger partial charge on any atom is -1.00 e. The van der Waals surface area contributed by atoms with E-state index in [0.717, 1.165) is 11.1 Å². The molecule has 4 heteroatoms. The molecule has 17 heavy (non-hydrogen) atoms. The summed E-state index contributed by atoms with van der Waals surface area (Å²) in [4.78, 5) is 11.8. The zero-order valence-corrected chi connectivity index (χ0v) is 13.7. The molecule has 0 saturated carbocycles. The van der Waals surface area contributed by atoms with Gasteiger partial charge in [-0.15, -0.1) is 0 Å². The summed E-state index contributed by atoms with van der Waals surface area (Å²) in [5.41, 5.74) is 1.47. The predicted octanol–water partition coefficient (Wildman–Crippen LogP) is -3.46. The Morgan fingerprint density at radius 1 is 0.647 bits per heavy atom. The van der Waals surface area contributed by atoms with Crippen molar-refractivity contribution in [2.24, 2.45) is 0 Å². The average Bonchev–Trinajstić information content (AvgIpc) is 2.30. The van der Waals surface area contributed by atoms with Crippen molar-refractivity contribution in [1.29, 1.82) is 0 Å². The van der Waals surface area contributed by atoms with E-state index >= 15 is 0 Å². The van der Waals surface area contributed by atoms with Crippen molar-refractivity contribution in [3.63, 3.8) is 0 Å². The number of benzene rings is 2. The van der Waals surface area contributed by atoms with Gasteiger partial charge in [0.25, 0.3) is 0 Å². The molecule has 0 unspecified atom stereocenters. The van der Waals surface area contributed by atoms with Gasteiger partial charge >= 0.3 is 23.1 Å². The van der Waals surface area contributed by atoms with Gasteiger partial charge in [-0.2, -0.15) is 0 Å². The molecule has 0 bridgehead atoms.